The Morgan fingerprint density at radius 2 is 2.10 bits per heavy atom. The number of rotatable bonds is 5. The minimum absolute atomic E-state index is 0.00489. The molecular formula is C17H26N2O2. The highest BCUT2D eigenvalue weighted by Crippen LogP contribution is 2.29. The molecule has 2 atom stereocenters. The molecule has 0 bridgehead atoms. The van der Waals surface area contributed by atoms with Crippen LogP contribution in [-0.4, -0.2) is 31.2 Å². The Balaban J connectivity index is 1.92. The standard InChI is InChI=1S/C17H26N2O2/c1-4-17(2)12-15(9-10-21-17)19-14-7-5-13(6-8-14)11-16(20)18-3/h5-8,15,19H,4,9-12H2,1-3H3,(H,18,20). The van der Waals surface area contributed by atoms with Crippen molar-refractivity contribution in [1.29, 1.82) is 0 Å². The summed E-state index contributed by atoms with van der Waals surface area (Å²) in [7, 11) is 1.66. The topological polar surface area (TPSA) is 50.4 Å². The molecule has 1 aliphatic rings. The minimum atomic E-state index is -0.00489. The molecule has 1 aliphatic heterocycles. The number of carbonyl (C=O) groups excluding carboxylic acids is 1. The third kappa shape index (κ3) is 4.46. The molecule has 0 radical (unpaired) electrons. The van der Waals surface area contributed by atoms with Crippen LogP contribution in [0.3, 0.4) is 0 Å². The van der Waals surface area contributed by atoms with Gasteiger partial charge in [-0.1, -0.05) is 19.1 Å². The molecule has 21 heavy (non-hydrogen) atoms. The number of benzene rings is 1. The van der Waals surface area contributed by atoms with Crippen LogP contribution in [0.4, 0.5) is 5.69 Å². The maximum absolute atomic E-state index is 11.3. The fourth-order valence-electron chi connectivity index (χ4n) is 2.73. The summed E-state index contributed by atoms with van der Waals surface area (Å²) < 4.78 is 5.87. The van der Waals surface area contributed by atoms with E-state index in [2.05, 4.69) is 36.6 Å². The van der Waals surface area contributed by atoms with Crippen molar-refractivity contribution in [2.24, 2.45) is 0 Å². The first kappa shape index (κ1) is 15.8. The van der Waals surface area contributed by atoms with Gasteiger partial charge < -0.3 is 15.4 Å². The van der Waals surface area contributed by atoms with Crippen LogP contribution in [0.2, 0.25) is 0 Å². The van der Waals surface area contributed by atoms with E-state index in [-0.39, 0.29) is 11.5 Å². The molecule has 2 N–H and O–H groups in total. The first-order chi connectivity index (χ1) is 10.0. The van der Waals surface area contributed by atoms with Crippen LogP contribution < -0.4 is 10.6 Å². The second-order valence-corrected chi connectivity index (χ2v) is 6.03. The Bertz CT molecular complexity index is 472. The number of likely N-dealkylation sites (N-methyl/N-ethyl adjacent to an activating group) is 1. The van der Waals surface area contributed by atoms with Gasteiger partial charge in [0.25, 0.3) is 0 Å². The number of hydrogen-bond acceptors (Lipinski definition) is 3. The average molecular weight is 290 g/mol. The van der Waals surface area contributed by atoms with Gasteiger partial charge in [0.15, 0.2) is 0 Å². The summed E-state index contributed by atoms with van der Waals surface area (Å²) in [4.78, 5) is 11.3. The predicted molar refractivity (Wildman–Crippen MR) is 85.5 cm³/mol. The summed E-state index contributed by atoms with van der Waals surface area (Å²) in [5.41, 5.74) is 2.14. The Labute approximate surface area is 127 Å². The Morgan fingerprint density at radius 1 is 1.38 bits per heavy atom. The van der Waals surface area contributed by atoms with Gasteiger partial charge in [0, 0.05) is 25.4 Å². The van der Waals surface area contributed by atoms with Gasteiger partial charge in [-0.3, -0.25) is 4.79 Å². The summed E-state index contributed by atoms with van der Waals surface area (Å²) in [5.74, 6) is 0.0406. The van der Waals surface area contributed by atoms with Gasteiger partial charge in [-0.2, -0.15) is 0 Å². The normalized spacial score (nSPS) is 25.4. The van der Waals surface area contributed by atoms with Crippen molar-refractivity contribution in [3.8, 4) is 0 Å². The molecule has 4 nitrogen and oxygen atoms in total. The fraction of sp³-hybridized carbons (Fsp3) is 0.588. The maximum Gasteiger partial charge on any atom is 0.224 e. The van der Waals surface area contributed by atoms with E-state index in [1.54, 1.807) is 7.05 Å². The SMILES string of the molecule is CCC1(C)CC(Nc2ccc(CC(=O)NC)cc2)CCO1. The van der Waals surface area contributed by atoms with Crippen LogP contribution >= 0.6 is 0 Å². The van der Waals surface area contributed by atoms with Crippen molar-refractivity contribution in [2.45, 2.75) is 51.2 Å². The van der Waals surface area contributed by atoms with E-state index in [1.165, 1.54) is 0 Å². The van der Waals surface area contributed by atoms with Gasteiger partial charge in [-0.05, 0) is 43.9 Å². The Kier molecular flexibility index (Phi) is 5.23. The molecule has 1 heterocycles. The van der Waals surface area contributed by atoms with Crippen molar-refractivity contribution < 1.29 is 9.53 Å². The molecule has 116 valence electrons. The van der Waals surface area contributed by atoms with E-state index in [9.17, 15) is 4.79 Å². The van der Waals surface area contributed by atoms with Gasteiger partial charge in [0.05, 0.1) is 12.0 Å². The van der Waals surface area contributed by atoms with Crippen molar-refractivity contribution in [3.63, 3.8) is 0 Å². The van der Waals surface area contributed by atoms with Crippen LogP contribution in [-0.2, 0) is 16.0 Å². The zero-order valence-electron chi connectivity index (χ0n) is 13.2. The molecule has 1 amide bonds. The number of anilines is 1. The van der Waals surface area contributed by atoms with E-state index in [4.69, 9.17) is 4.74 Å². The lowest BCUT2D eigenvalue weighted by molar-refractivity contribution is -0.119. The number of hydrogen-bond donors (Lipinski definition) is 2. The molecule has 1 aromatic rings. The van der Waals surface area contributed by atoms with Crippen molar-refractivity contribution >= 4 is 11.6 Å². The average Bonchev–Trinajstić information content (AvgIpc) is 2.49. The molecule has 2 rings (SSSR count). The van der Waals surface area contributed by atoms with E-state index in [0.717, 1.165) is 37.1 Å². The molecule has 0 aliphatic carbocycles. The highest BCUT2D eigenvalue weighted by atomic mass is 16.5. The van der Waals surface area contributed by atoms with Crippen LogP contribution in [0.5, 0.6) is 0 Å². The lowest BCUT2D eigenvalue weighted by atomic mass is 9.90. The van der Waals surface area contributed by atoms with E-state index < -0.39 is 0 Å². The maximum atomic E-state index is 11.3. The Morgan fingerprint density at radius 3 is 2.71 bits per heavy atom. The van der Waals surface area contributed by atoms with Crippen LogP contribution in [0.1, 0.15) is 38.7 Å². The number of carbonyl (C=O) groups is 1. The highest BCUT2D eigenvalue weighted by molar-refractivity contribution is 5.78. The zero-order valence-corrected chi connectivity index (χ0v) is 13.2. The van der Waals surface area contributed by atoms with Crippen LogP contribution in [0.25, 0.3) is 0 Å². The fourth-order valence-corrected chi connectivity index (χ4v) is 2.73. The van der Waals surface area contributed by atoms with Crippen molar-refractivity contribution in [1.82, 2.24) is 5.32 Å². The highest BCUT2D eigenvalue weighted by Gasteiger charge is 2.31. The molecule has 1 fully saturated rings. The van der Waals surface area contributed by atoms with Gasteiger partial charge >= 0.3 is 0 Å². The summed E-state index contributed by atoms with van der Waals surface area (Å²) >= 11 is 0. The minimum Gasteiger partial charge on any atom is -0.382 e. The second kappa shape index (κ2) is 6.94. The summed E-state index contributed by atoms with van der Waals surface area (Å²) in [6.45, 7) is 5.18. The molecule has 1 saturated heterocycles. The predicted octanol–water partition coefficient (Wildman–Crippen LogP) is 2.73. The third-order valence-electron chi connectivity index (χ3n) is 4.31. The van der Waals surface area contributed by atoms with Crippen LogP contribution in [0, 0.1) is 0 Å². The summed E-state index contributed by atoms with van der Waals surface area (Å²) in [5, 5.41) is 6.23. The molecule has 0 spiro atoms. The Hall–Kier alpha value is -1.55. The van der Waals surface area contributed by atoms with Gasteiger partial charge in [-0.25, -0.2) is 0 Å². The molecule has 1 aromatic carbocycles. The summed E-state index contributed by atoms with van der Waals surface area (Å²) in [6.07, 6.45) is 3.54. The largest absolute Gasteiger partial charge is 0.382 e. The molecule has 0 saturated carbocycles. The monoisotopic (exact) mass is 290 g/mol. The third-order valence-corrected chi connectivity index (χ3v) is 4.31. The van der Waals surface area contributed by atoms with E-state index in [1.807, 2.05) is 12.1 Å². The molecule has 2 unspecified atom stereocenters. The number of nitrogens with one attached hydrogen (secondary N) is 2. The number of ether oxygens (including phenoxy) is 1. The smallest absolute Gasteiger partial charge is 0.224 e. The molecular weight excluding hydrogens is 264 g/mol. The zero-order chi connectivity index (χ0) is 15.3. The molecule has 4 heteroatoms. The van der Waals surface area contributed by atoms with Gasteiger partial charge in [-0.15, -0.1) is 0 Å². The molecule has 0 aromatic heterocycles. The second-order valence-electron chi connectivity index (χ2n) is 6.03. The first-order valence-corrected chi connectivity index (χ1v) is 7.74. The van der Waals surface area contributed by atoms with Crippen molar-refractivity contribution in [2.75, 3.05) is 19.0 Å². The lowest BCUT2D eigenvalue weighted by Crippen LogP contribution is -2.41. The number of amides is 1. The first-order valence-electron chi connectivity index (χ1n) is 7.74. The summed E-state index contributed by atoms with van der Waals surface area (Å²) in [6, 6.07) is 8.58. The van der Waals surface area contributed by atoms with E-state index in [0.29, 0.717) is 12.5 Å². The van der Waals surface area contributed by atoms with E-state index >= 15 is 0 Å². The quantitative estimate of drug-likeness (QED) is 0.876. The van der Waals surface area contributed by atoms with Crippen LogP contribution in [0.15, 0.2) is 24.3 Å². The lowest BCUT2D eigenvalue weighted by Gasteiger charge is -2.38. The van der Waals surface area contributed by atoms with Gasteiger partial charge in [0.1, 0.15) is 0 Å². The van der Waals surface area contributed by atoms with Gasteiger partial charge in [0.2, 0.25) is 5.91 Å². The van der Waals surface area contributed by atoms with Crippen molar-refractivity contribution in [3.05, 3.63) is 29.8 Å².